The molecule has 18 heavy (non-hydrogen) atoms. The zero-order valence-corrected chi connectivity index (χ0v) is 12.2. The monoisotopic (exact) mass is 283 g/mol. The molecule has 0 bridgehead atoms. The summed E-state index contributed by atoms with van der Waals surface area (Å²) < 4.78 is 5.04. The average molecular weight is 283 g/mol. The summed E-state index contributed by atoms with van der Waals surface area (Å²) in [5.74, 6) is 0.988. The van der Waals surface area contributed by atoms with E-state index in [2.05, 4.69) is 11.2 Å². The van der Waals surface area contributed by atoms with Gasteiger partial charge in [0.05, 0.1) is 0 Å². The van der Waals surface area contributed by atoms with Gasteiger partial charge < -0.3 is 9.94 Å². The third kappa shape index (κ3) is 2.39. The van der Waals surface area contributed by atoms with Gasteiger partial charge in [0.2, 0.25) is 4.27 Å². The second-order valence-electron chi connectivity index (χ2n) is 4.02. The number of ether oxygens (including phenoxy) is 1. The molecule has 2 rings (SSSR count). The molecule has 1 unspecified atom stereocenters. The van der Waals surface area contributed by atoms with Gasteiger partial charge in [-0.25, -0.2) is 0 Å². The average Bonchev–Trinajstić information content (AvgIpc) is 2.41. The number of methoxy groups -OCH3 is 1. The molecule has 1 aromatic carbocycles. The van der Waals surface area contributed by atoms with Crippen molar-refractivity contribution in [2.75, 3.05) is 19.1 Å². The largest absolute Gasteiger partial charge is 0.410 e. The molecule has 98 valence electrons. The number of fused-ring (bicyclic) bond motifs is 1. The van der Waals surface area contributed by atoms with Crippen LogP contribution in [0.1, 0.15) is 17.5 Å². The highest BCUT2D eigenvalue weighted by atomic mass is 32.2. The molecule has 1 atom stereocenters. The minimum atomic E-state index is -0.620. The third-order valence-corrected chi connectivity index (χ3v) is 6.07. The number of thioether (sulfide) groups is 2. The van der Waals surface area contributed by atoms with Gasteiger partial charge in [-0.3, -0.25) is 0 Å². The molecule has 0 radical (unpaired) electrons. The van der Waals surface area contributed by atoms with Gasteiger partial charge in [0, 0.05) is 12.7 Å². The quantitative estimate of drug-likeness (QED) is 0.514. The Labute approximate surface area is 116 Å². The van der Waals surface area contributed by atoms with E-state index in [0.717, 1.165) is 24.2 Å². The maximum absolute atomic E-state index is 9.43. The smallest absolute Gasteiger partial charge is 0.207 e. The number of benzene rings is 1. The van der Waals surface area contributed by atoms with Gasteiger partial charge in [-0.15, -0.1) is 23.5 Å². The highest BCUT2D eigenvalue weighted by Crippen LogP contribution is 2.42. The molecule has 0 aliphatic carbocycles. The lowest BCUT2D eigenvalue weighted by atomic mass is 9.99. The van der Waals surface area contributed by atoms with Crippen molar-refractivity contribution >= 4 is 29.2 Å². The fraction of sp³-hybridized carbons (Fsp3) is 0.462. The second kappa shape index (κ2) is 5.99. The highest BCUT2D eigenvalue weighted by molar-refractivity contribution is 8.18. The Bertz CT molecular complexity index is 444. The van der Waals surface area contributed by atoms with Crippen molar-refractivity contribution in [2.45, 2.75) is 17.1 Å². The van der Waals surface area contributed by atoms with Crippen molar-refractivity contribution in [3.05, 3.63) is 35.4 Å². The first-order chi connectivity index (χ1) is 8.77. The number of aryl methyl sites for hydroxylation is 1. The molecule has 0 saturated heterocycles. The Hall–Kier alpha value is -0.650. The SMILES string of the molecule is COC1(SC)SCCCc2ccccc2/C1=N/O. The fourth-order valence-electron chi connectivity index (χ4n) is 2.18. The molecule has 3 nitrogen and oxygen atoms in total. The van der Waals surface area contributed by atoms with Crippen molar-refractivity contribution in [2.24, 2.45) is 5.16 Å². The Balaban J connectivity index is 2.56. The van der Waals surface area contributed by atoms with Crippen molar-refractivity contribution in [3.8, 4) is 0 Å². The molecule has 1 heterocycles. The summed E-state index contributed by atoms with van der Waals surface area (Å²) in [7, 11) is 1.67. The molecule has 5 heteroatoms. The lowest BCUT2D eigenvalue weighted by molar-refractivity contribution is 0.191. The lowest BCUT2D eigenvalue weighted by Gasteiger charge is -2.32. The molecule has 1 aliphatic heterocycles. The number of rotatable bonds is 2. The molecule has 1 N–H and O–H groups in total. The molecular formula is C13H17NO2S2. The van der Waals surface area contributed by atoms with Crippen LogP contribution in [0, 0.1) is 0 Å². The minimum Gasteiger partial charge on any atom is -0.410 e. The zero-order valence-electron chi connectivity index (χ0n) is 10.5. The molecular weight excluding hydrogens is 266 g/mol. The number of oxime groups is 1. The van der Waals surface area contributed by atoms with Crippen molar-refractivity contribution < 1.29 is 9.94 Å². The normalized spacial score (nSPS) is 26.4. The summed E-state index contributed by atoms with van der Waals surface area (Å²) in [6.07, 6.45) is 4.09. The Kier molecular flexibility index (Phi) is 4.59. The molecule has 1 aliphatic rings. The zero-order chi connectivity index (χ0) is 13.0. The first kappa shape index (κ1) is 13.8. The van der Waals surface area contributed by atoms with E-state index in [1.54, 1.807) is 30.6 Å². The molecule has 0 saturated carbocycles. The highest BCUT2D eigenvalue weighted by Gasteiger charge is 2.39. The van der Waals surface area contributed by atoms with Crippen LogP contribution in [0.5, 0.6) is 0 Å². The Morgan fingerprint density at radius 2 is 2.22 bits per heavy atom. The Morgan fingerprint density at radius 3 is 2.89 bits per heavy atom. The summed E-state index contributed by atoms with van der Waals surface area (Å²) in [5.41, 5.74) is 2.82. The maximum Gasteiger partial charge on any atom is 0.207 e. The van der Waals surface area contributed by atoms with Gasteiger partial charge in [0.15, 0.2) is 0 Å². The molecule has 0 aromatic heterocycles. The van der Waals surface area contributed by atoms with Gasteiger partial charge in [-0.2, -0.15) is 0 Å². The van der Waals surface area contributed by atoms with Crippen LogP contribution >= 0.6 is 23.5 Å². The van der Waals surface area contributed by atoms with Crippen LogP contribution in [-0.4, -0.2) is 34.3 Å². The summed E-state index contributed by atoms with van der Waals surface area (Å²) >= 11 is 3.25. The van der Waals surface area contributed by atoms with Crippen LogP contribution in [0.15, 0.2) is 29.4 Å². The first-order valence-electron chi connectivity index (χ1n) is 5.82. The summed E-state index contributed by atoms with van der Waals surface area (Å²) in [4.78, 5) is 0. The van der Waals surface area contributed by atoms with Gasteiger partial charge in [0.25, 0.3) is 0 Å². The molecule has 0 fully saturated rings. The maximum atomic E-state index is 9.43. The van der Waals surface area contributed by atoms with E-state index in [0.29, 0.717) is 5.71 Å². The third-order valence-electron chi connectivity index (χ3n) is 3.08. The second-order valence-corrected chi connectivity index (χ2v) is 6.54. The van der Waals surface area contributed by atoms with Crippen LogP contribution in [0.3, 0.4) is 0 Å². The molecule has 0 amide bonds. The van der Waals surface area contributed by atoms with Crippen molar-refractivity contribution in [1.82, 2.24) is 0 Å². The van der Waals surface area contributed by atoms with E-state index < -0.39 is 4.27 Å². The molecule has 1 aromatic rings. The standard InChI is InChI=1S/C13H17NO2S2/c1-16-13(17-2)12(14-15)11-8-4-3-6-10(11)7-5-9-18-13/h3-4,6,8,15H,5,7,9H2,1-2H3/b14-12-. The van der Waals surface area contributed by atoms with E-state index in [1.165, 1.54) is 5.56 Å². The van der Waals surface area contributed by atoms with Gasteiger partial charge in [0.1, 0.15) is 5.71 Å². The minimum absolute atomic E-state index is 0.609. The van der Waals surface area contributed by atoms with Crippen LogP contribution in [0.2, 0.25) is 0 Å². The van der Waals surface area contributed by atoms with E-state index in [1.807, 2.05) is 24.5 Å². The summed E-state index contributed by atoms with van der Waals surface area (Å²) in [6, 6.07) is 8.09. The first-order valence-corrected chi connectivity index (χ1v) is 8.03. The summed E-state index contributed by atoms with van der Waals surface area (Å²) in [5, 5.41) is 13.0. The van der Waals surface area contributed by atoms with Crippen molar-refractivity contribution in [3.63, 3.8) is 0 Å². The predicted molar refractivity (Wildman–Crippen MR) is 78.8 cm³/mol. The van der Waals surface area contributed by atoms with Gasteiger partial charge >= 0.3 is 0 Å². The van der Waals surface area contributed by atoms with Crippen molar-refractivity contribution in [1.29, 1.82) is 0 Å². The van der Waals surface area contributed by atoms with Crippen LogP contribution in [-0.2, 0) is 11.2 Å². The fourth-order valence-corrected chi connectivity index (χ4v) is 4.38. The number of hydrogen-bond acceptors (Lipinski definition) is 5. The number of hydrogen-bond donors (Lipinski definition) is 1. The van der Waals surface area contributed by atoms with E-state index in [9.17, 15) is 5.21 Å². The van der Waals surface area contributed by atoms with E-state index in [-0.39, 0.29) is 0 Å². The van der Waals surface area contributed by atoms with E-state index in [4.69, 9.17) is 4.74 Å². The van der Waals surface area contributed by atoms with Crippen LogP contribution in [0.25, 0.3) is 0 Å². The predicted octanol–water partition coefficient (Wildman–Crippen LogP) is 3.21. The lowest BCUT2D eigenvalue weighted by Crippen LogP contribution is -2.36. The van der Waals surface area contributed by atoms with Crippen LogP contribution in [0.4, 0.5) is 0 Å². The number of nitrogens with zero attached hydrogens (tertiary/aromatic N) is 1. The summed E-state index contributed by atoms with van der Waals surface area (Å²) in [6.45, 7) is 0. The van der Waals surface area contributed by atoms with Gasteiger partial charge in [-0.1, -0.05) is 29.4 Å². The Morgan fingerprint density at radius 1 is 1.44 bits per heavy atom. The van der Waals surface area contributed by atoms with E-state index >= 15 is 0 Å². The van der Waals surface area contributed by atoms with Crippen LogP contribution < -0.4 is 0 Å². The topological polar surface area (TPSA) is 41.8 Å². The molecule has 0 spiro atoms. The van der Waals surface area contributed by atoms with Gasteiger partial charge in [-0.05, 0) is 30.4 Å².